The first kappa shape index (κ1) is 18.0. The molecular formula is C21H22O5. The quantitative estimate of drug-likeness (QED) is 0.610. The van der Waals surface area contributed by atoms with Gasteiger partial charge >= 0.3 is 5.97 Å². The number of ether oxygens (including phenoxy) is 3. The highest BCUT2D eigenvalue weighted by molar-refractivity contribution is 6.01. The normalized spacial score (nSPS) is 14.0. The van der Waals surface area contributed by atoms with E-state index in [4.69, 9.17) is 14.2 Å². The summed E-state index contributed by atoms with van der Waals surface area (Å²) in [5.41, 5.74) is 1.99. The van der Waals surface area contributed by atoms with Crippen molar-refractivity contribution in [3.05, 3.63) is 59.2 Å². The van der Waals surface area contributed by atoms with Crippen molar-refractivity contribution in [2.24, 2.45) is 0 Å². The number of carbonyl (C=O) groups excluding carboxylic acids is 2. The molecule has 5 nitrogen and oxygen atoms in total. The van der Waals surface area contributed by atoms with Gasteiger partial charge in [0, 0.05) is 5.56 Å². The number of benzene rings is 2. The number of Topliss-reactive ketones (excluding diaryl/α,β-unsaturated/α-hetero) is 1. The monoisotopic (exact) mass is 354 g/mol. The zero-order valence-corrected chi connectivity index (χ0v) is 15.4. The first-order chi connectivity index (χ1) is 12.3. The Bertz CT molecular complexity index is 830. The van der Waals surface area contributed by atoms with Gasteiger partial charge in [-0.1, -0.05) is 45.0 Å². The molecule has 0 saturated carbocycles. The van der Waals surface area contributed by atoms with Gasteiger partial charge in [0.05, 0.1) is 5.56 Å². The Morgan fingerprint density at radius 1 is 0.962 bits per heavy atom. The van der Waals surface area contributed by atoms with E-state index in [1.54, 1.807) is 37.3 Å². The second-order valence-corrected chi connectivity index (χ2v) is 7.31. The average Bonchev–Trinajstić information content (AvgIpc) is 3.08. The molecule has 1 heterocycles. The van der Waals surface area contributed by atoms with E-state index in [1.807, 2.05) is 12.1 Å². The molecular weight excluding hydrogens is 332 g/mol. The van der Waals surface area contributed by atoms with Crippen LogP contribution in [0.15, 0.2) is 42.5 Å². The zero-order chi connectivity index (χ0) is 18.9. The third-order valence-corrected chi connectivity index (χ3v) is 4.30. The first-order valence-corrected chi connectivity index (χ1v) is 8.51. The number of rotatable bonds is 4. The highest BCUT2D eigenvalue weighted by Crippen LogP contribution is 2.32. The van der Waals surface area contributed by atoms with E-state index in [-0.39, 0.29) is 18.0 Å². The lowest BCUT2D eigenvalue weighted by Crippen LogP contribution is -2.24. The van der Waals surface area contributed by atoms with E-state index >= 15 is 0 Å². The van der Waals surface area contributed by atoms with E-state index in [0.29, 0.717) is 22.6 Å². The predicted octanol–water partition coefficient (Wildman–Crippen LogP) is 4.14. The minimum atomic E-state index is -0.881. The van der Waals surface area contributed by atoms with Crippen LogP contribution in [0, 0.1) is 0 Å². The largest absolute Gasteiger partial charge is 0.454 e. The van der Waals surface area contributed by atoms with E-state index < -0.39 is 12.1 Å². The average molecular weight is 354 g/mol. The van der Waals surface area contributed by atoms with Crippen molar-refractivity contribution in [3.63, 3.8) is 0 Å². The van der Waals surface area contributed by atoms with Gasteiger partial charge in [0.25, 0.3) is 0 Å². The summed E-state index contributed by atoms with van der Waals surface area (Å²) in [4.78, 5) is 24.8. The molecule has 2 aromatic rings. The third kappa shape index (κ3) is 3.72. The van der Waals surface area contributed by atoms with Crippen molar-refractivity contribution in [1.82, 2.24) is 0 Å². The summed E-state index contributed by atoms with van der Waals surface area (Å²) >= 11 is 0. The minimum Gasteiger partial charge on any atom is -0.454 e. The summed E-state index contributed by atoms with van der Waals surface area (Å²) in [7, 11) is 0. The Morgan fingerprint density at radius 3 is 2.23 bits per heavy atom. The lowest BCUT2D eigenvalue weighted by molar-refractivity contribution is 0.0318. The van der Waals surface area contributed by atoms with Gasteiger partial charge in [0.2, 0.25) is 12.6 Å². The SMILES string of the molecule is C[C@H](OC(=O)c1ccc2c(c1)OCO2)C(=O)c1ccc(C(C)(C)C)cc1. The lowest BCUT2D eigenvalue weighted by atomic mass is 9.86. The summed E-state index contributed by atoms with van der Waals surface area (Å²) in [6.45, 7) is 8.04. The van der Waals surface area contributed by atoms with E-state index in [9.17, 15) is 9.59 Å². The van der Waals surface area contributed by atoms with Crippen molar-refractivity contribution in [2.45, 2.75) is 39.2 Å². The lowest BCUT2D eigenvalue weighted by Gasteiger charge is -2.19. The molecule has 0 unspecified atom stereocenters. The van der Waals surface area contributed by atoms with Gasteiger partial charge in [-0.15, -0.1) is 0 Å². The fourth-order valence-corrected chi connectivity index (χ4v) is 2.67. The molecule has 0 spiro atoms. The van der Waals surface area contributed by atoms with Gasteiger partial charge in [-0.2, -0.15) is 0 Å². The summed E-state index contributed by atoms with van der Waals surface area (Å²) < 4.78 is 15.8. The van der Waals surface area contributed by atoms with Gasteiger partial charge in [0.15, 0.2) is 17.6 Å². The molecule has 0 amide bonds. The highest BCUT2D eigenvalue weighted by Gasteiger charge is 2.23. The number of carbonyl (C=O) groups is 2. The Hall–Kier alpha value is -2.82. The van der Waals surface area contributed by atoms with E-state index in [2.05, 4.69) is 20.8 Å². The predicted molar refractivity (Wildman–Crippen MR) is 96.9 cm³/mol. The third-order valence-electron chi connectivity index (χ3n) is 4.30. The molecule has 0 N–H and O–H groups in total. The van der Waals surface area contributed by atoms with E-state index in [1.165, 1.54) is 0 Å². The van der Waals surface area contributed by atoms with Crippen LogP contribution in [-0.2, 0) is 10.2 Å². The van der Waals surface area contributed by atoms with Crippen LogP contribution in [-0.4, -0.2) is 24.6 Å². The molecule has 0 bridgehead atoms. The van der Waals surface area contributed by atoms with Crippen LogP contribution in [0.4, 0.5) is 0 Å². The minimum absolute atomic E-state index is 0.0129. The number of fused-ring (bicyclic) bond motifs is 1. The number of ketones is 1. The van der Waals surface area contributed by atoms with Crippen LogP contribution in [0.3, 0.4) is 0 Å². The molecule has 0 saturated heterocycles. The second kappa shape index (κ2) is 6.83. The van der Waals surface area contributed by atoms with Crippen LogP contribution in [0.2, 0.25) is 0 Å². The molecule has 1 atom stereocenters. The Morgan fingerprint density at radius 2 is 1.58 bits per heavy atom. The smallest absolute Gasteiger partial charge is 0.338 e. The Balaban J connectivity index is 1.68. The molecule has 1 aliphatic rings. The molecule has 26 heavy (non-hydrogen) atoms. The van der Waals surface area contributed by atoms with Crippen LogP contribution in [0.1, 0.15) is 54.0 Å². The topological polar surface area (TPSA) is 61.8 Å². The van der Waals surface area contributed by atoms with Crippen LogP contribution in [0.25, 0.3) is 0 Å². The summed E-state index contributed by atoms with van der Waals surface area (Å²) in [6, 6.07) is 12.2. The van der Waals surface area contributed by atoms with Crippen LogP contribution >= 0.6 is 0 Å². The van der Waals surface area contributed by atoms with Crippen LogP contribution < -0.4 is 9.47 Å². The van der Waals surface area contributed by atoms with Gasteiger partial charge in [0.1, 0.15) is 0 Å². The molecule has 3 rings (SSSR count). The Labute approximate surface area is 152 Å². The fraction of sp³-hybridized carbons (Fsp3) is 0.333. The van der Waals surface area contributed by atoms with Gasteiger partial charge in [-0.3, -0.25) is 4.79 Å². The highest BCUT2D eigenvalue weighted by atomic mass is 16.7. The van der Waals surface area contributed by atoms with Crippen molar-refractivity contribution < 1.29 is 23.8 Å². The standard InChI is InChI=1S/C21H22O5/c1-13(19(22)14-5-8-16(9-6-14)21(2,3)4)26-20(23)15-7-10-17-18(11-15)25-12-24-17/h5-11,13H,12H2,1-4H3/t13-/m0/s1. The maximum Gasteiger partial charge on any atom is 0.338 e. The maximum absolute atomic E-state index is 12.5. The maximum atomic E-state index is 12.5. The number of hydrogen-bond donors (Lipinski definition) is 0. The molecule has 0 aliphatic carbocycles. The van der Waals surface area contributed by atoms with Crippen molar-refractivity contribution >= 4 is 11.8 Å². The molecule has 0 radical (unpaired) electrons. The number of hydrogen-bond acceptors (Lipinski definition) is 5. The Kier molecular flexibility index (Phi) is 4.72. The fourth-order valence-electron chi connectivity index (χ4n) is 2.67. The van der Waals surface area contributed by atoms with Gasteiger partial charge in [-0.25, -0.2) is 4.79 Å². The summed E-state index contributed by atoms with van der Waals surface area (Å²) in [5.74, 6) is 0.274. The zero-order valence-electron chi connectivity index (χ0n) is 15.4. The molecule has 2 aromatic carbocycles. The molecule has 1 aliphatic heterocycles. The molecule has 0 aromatic heterocycles. The number of esters is 1. The molecule has 0 fully saturated rings. The first-order valence-electron chi connectivity index (χ1n) is 8.51. The van der Waals surface area contributed by atoms with E-state index in [0.717, 1.165) is 5.56 Å². The molecule has 136 valence electrons. The summed E-state index contributed by atoms with van der Waals surface area (Å²) in [6.07, 6.45) is -0.881. The van der Waals surface area contributed by atoms with Gasteiger partial charge in [-0.05, 0) is 36.1 Å². The summed E-state index contributed by atoms with van der Waals surface area (Å²) in [5, 5.41) is 0. The second-order valence-electron chi connectivity index (χ2n) is 7.31. The molecule has 5 heteroatoms. The van der Waals surface area contributed by atoms with Crippen molar-refractivity contribution in [2.75, 3.05) is 6.79 Å². The van der Waals surface area contributed by atoms with Crippen molar-refractivity contribution in [1.29, 1.82) is 0 Å². The van der Waals surface area contributed by atoms with Gasteiger partial charge < -0.3 is 14.2 Å². The van der Waals surface area contributed by atoms with Crippen molar-refractivity contribution in [3.8, 4) is 11.5 Å². The van der Waals surface area contributed by atoms with Crippen LogP contribution in [0.5, 0.6) is 11.5 Å².